The molecule has 7 nitrogen and oxygen atoms in total. The number of aryl methyl sites for hydroxylation is 1. The van der Waals surface area contributed by atoms with Gasteiger partial charge in [0.25, 0.3) is 0 Å². The second-order valence-corrected chi connectivity index (χ2v) is 6.80. The Morgan fingerprint density at radius 2 is 2.10 bits per heavy atom. The number of aromatic nitrogens is 3. The number of amides is 1. The summed E-state index contributed by atoms with van der Waals surface area (Å²) in [7, 11) is -3.37. The first kappa shape index (κ1) is 15.2. The van der Waals surface area contributed by atoms with E-state index in [1.54, 1.807) is 35.3 Å². The maximum Gasteiger partial charge on any atom is 0.239 e. The third-order valence-electron chi connectivity index (χ3n) is 2.91. The molecule has 2 aromatic rings. The highest BCUT2D eigenvalue weighted by Gasteiger charge is 2.16. The van der Waals surface area contributed by atoms with Crippen molar-refractivity contribution in [3.05, 3.63) is 36.5 Å². The van der Waals surface area contributed by atoms with Gasteiger partial charge in [-0.15, -0.1) is 0 Å². The zero-order valence-corrected chi connectivity index (χ0v) is 12.6. The lowest BCUT2D eigenvalue weighted by Gasteiger charge is -2.11. The Morgan fingerprint density at radius 3 is 2.71 bits per heavy atom. The molecule has 0 saturated carbocycles. The Kier molecular flexibility index (Phi) is 4.37. The van der Waals surface area contributed by atoms with Crippen molar-refractivity contribution in [2.24, 2.45) is 0 Å². The normalized spacial score (nSPS) is 11.3. The van der Waals surface area contributed by atoms with E-state index < -0.39 is 21.5 Å². The van der Waals surface area contributed by atoms with E-state index in [1.165, 1.54) is 6.92 Å². The zero-order chi connectivity index (χ0) is 15.5. The van der Waals surface area contributed by atoms with Crippen molar-refractivity contribution >= 4 is 21.4 Å². The monoisotopic (exact) mass is 308 g/mol. The average Bonchev–Trinajstić information content (AvgIpc) is 2.85. The van der Waals surface area contributed by atoms with E-state index in [0.717, 1.165) is 0 Å². The van der Waals surface area contributed by atoms with Crippen LogP contribution in [0.3, 0.4) is 0 Å². The summed E-state index contributed by atoms with van der Waals surface area (Å²) in [6, 6.07) is 3.33. The van der Waals surface area contributed by atoms with Gasteiger partial charge in [0.05, 0.1) is 5.69 Å². The van der Waals surface area contributed by atoms with Crippen molar-refractivity contribution in [3.8, 4) is 5.82 Å². The molecule has 0 aliphatic carbocycles. The Labute approximate surface area is 123 Å². The topological polar surface area (TPSA) is 94.0 Å². The van der Waals surface area contributed by atoms with Crippen molar-refractivity contribution in [3.63, 3.8) is 0 Å². The molecule has 0 fully saturated rings. The van der Waals surface area contributed by atoms with E-state index in [-0.39, 0.29) is 5.75 Å². The molecule has 0 atom stereocenters. The standard InChI is InChI=1S/C13H16N4O3S/c1-3-21(19,20)9-12(18)16-11-5-4-6-15-13(11)17-8-7-14-10(17)2/h4-8H,3,9H2,1-2H3,(H,16,18). The zero-order valence-electron chi connectivity index (χ0n) is 11.8. The Morgan fingerprint density at radius 1 is 1.33 bits per heavy atom. The van der Waals surface area contributed by atoms with Crippen LogP contribution in [0.5, 0.6) is 0 Å². The number of pyridine rings is 1. The fourth-order valence-corrected chi connectivity index (χ4v) is 2.45. The number of rotatable bonds is 5. The van der Waals surface area contributed by atoms with Crippen LogP contribution in [0, 0.1) is 6.92 Å². The van der Waals surface area contributed by atoms with Crippen molar-refractivity contribution in [2.75, 3.05) is 16.8 Å². The fraction of sp³-hybridized carbons (Fsp3) is 0.308. The minimum atomic E-state index is -3.37. The van der Waals surface area contributed by atoms with Crippen LogP contribution in [-0.4, -0.2) is 40.4 Å². The van der Waals surface area contributed by atoms with Gasteiger partial charge in [-0.2, -0.15) is 0 Å². The number of nitrogens with zero attached hydrogens (tertiary/aromatic N) is 3. The van der Waals surface area contributed by atoms with E-state index in [4.69, 9.17) is 0 Å². The largest absolute Gasteiger partial charge is 0.322 e. The lowest BCUT2D eigenvalue weighted by molar-refractivity contribution is -0.113. The molecule has 0 saturated heterocycles. The molecule has 0 bridgehead atoms. The van der Waals surface area contributed by atoms with E-state index in [9.17, 15) is 13.2 Å². The van der Waals surface area contributed by atoms with Gasteiger partial charge in [0.2, 0.25) is 5.91 Å². The molecular formula is C13H16N4O3S. The molecule has 1 N–H and O–H groups in total. The molecule has 8 heteroatoms. The number of hydrogen-bond donors (Lipinski definition) is 1. The van der Waals surface area contributed by atoms with Gasteiger partial charge in [0.1, 0.15) is 11.6 Å². The summed E-state index contributed by atoms with van der Waals surface area (Å²) < 4.78 is 24.7. The van der Waals surface area contributed by atoms with Crippen LogP contribution < -0.4 is 5.32 Å². The first-order valence-corrected chi connectivity index (χ1v) is 8.20. The summed E-state index contributed by atoms with van der Waals surface area (Å²) in [4.78, 5) is 20.2. The third-order valence-corrected chi connectivity index (χ3v) is 4.49. The Hall–Kier alpha value is -2.22. The summed E-state index contributed by atoms with van der Waals surface area (Å²) >= 11 is 0. The first-order chi connectivity index (χ1) is 9.93. The predicted molar refractivity (Wildman–Crippen MR) is 79.1 cm³/mol. The van der Waals surface area contributed by atoms with Crippen molar-refractivity contribution in [1.82, 2.24) is 14.5 Å². The van der Waals surface area contributed by atoms with Gasteiger partial charge < -0.3 is 5.32 Å². The summed E-state index contributed by atoms with van der Waals surface area (Å²) in [5.74, 6) is 0.0193. The average molecular weight is 308 g/mol. The van der Waals surface area contributed by atoms with Gasteiger partial charge in [-0.05, 0) is 19.1 Å². The van der Waals surface area contributed by atoms with Gasteiger partial charge in [0, 0.05) is 24.3 Å². The maximum atomic E-state index is 11.9. The lowest BCUT2D eigenvalue weighted by Crippen LogP contribution is -2.24. The van der Waals surface area contributed by atoms with Crippen LogP contribution in [0.4, 0.5) is 5.69 Å². The van der Waals surface area contributed by atoms with E-state index in [1.807, 2.05) is 6.92 Å². The number of hydrogen-bond acceptors (Lipinski definition) is 5. The molecule has 21 heavy (non-hydrogen) atoms. The van der Waals surface area contributed by atoms with Crippen LogP contribution in [0.2, 0.25) is 0 Å². The number of carbonyl (C=O) groups is 1. The molecule has 0 aliphatic heterocycles. The molecule has 0 aromatic carbocycles. The number of nitrogens with one attached hydrogen (secondary N) is 1. The highest BCUT2D eigenvalue weighted by molar-refractivity contribution is 7.92. The van der Waals surface area contributed by atoms with Crippen molar-refractivity contribution < 1.29 is 13.2 Å². The number of sulfone groups is 1. The van der Waals surface area contributed by atoms with E-state index in [2.05, 4.69) is 15.3 Å². The molecule has 0 aliphatic rings. The third kappa shape index (κ3) is 3.66. The van der Waals surface area contributed by atoms with Gasteiger partial charge in [-0.3, -0.25) is 9.36 Å². The summed E-state index contributed by atoms with van der Waals surface area (Å²) in [6.07, 6.45) is 4.93. The molecule has 112 valence electrons. The van der Waals surface area contributed by atoms with Gasteiger partial charge in [-0.25, -0.2) is 18.4 Å². The SMILES string of the molecule is CCS(=O)(=O)CC(=O)Nc1cccnc1-n1ccnc1C. The van der Waals surface area contributed by atoms with Crippen molar-refractivity contribution in [1.29, 1.82) is 0 Å². The Bertz CT molecular complexity index is 752. The molecule has 2 rings (SSSR count). The second kappa shape index (κ2) is 6.04. The fourth-order valence-electron chi connectivity index (χ4n) is 1.78. The molecule has 2 aromatic heterocycles. The summed E-state index contributed by atoms with van der Waals surface area (Å²) in [5, 5.41) is 2.59. The minimum Gasteiger partial charge on any atom is -0.322 e. The highest BCUT2D eigenvalue weighted by Crippen LogP contribution is 2.18. The molecule has 0 radical (unpaired) electrons. The van der Waals surface area contributed by atoms with Crippen LogP contribution in [0.1, 0.15) is 12.7 Å². The predicted octanol–water partition coefficient (Wildman–Crippen LogP) is 0.949. The Balaban J connectivity index is 2.26. The number of anilines is 1. The number of carbonyl (C=O) groups excluding carboxylic acids is 1. The van der Waals surface area contributed by atoms with Gasteiger partial charge in [0.15, 0.2) is 15.7 Å². The second-order valence-electron chi connectivity index (χ2n) is 4.44. The first-order valence-electron chi connectivity index (χ1n) is 6.38. The molecule has 1 amide bonds. The van der Waals surface area contributed by atoms with Crippen molar-refractivity contribution in [2.45, 2.75) is 13.8 Å². The highest BCUT2D eigenvalue weighted by atomic mass is 32.2. The molecular weight excluding hydrogens is 292 g/mol. The summed E-state index contributed by atoms with van der Waals surface area (Å²) in [5.41, 5.74) is 0.440. The van der Waals surface area contributed by atoms with Crippen LogP contribution in [0.25, 0.3) is 5.82 Å². The minimum absolute atomic E-state index is 0.0685. The van der Waals surface area contributed by atoms with Gasteiger partial charge in [-0.1, -0.05) is 6.92 Å². The van der Waals surface area contributed by atoms with E-state index >= 15 is 0 Å². The van der Waals surface area contributed by atoms with Gasteiger partial charge >= 0.3 is 0 Å². The maximum absolute atomic E-state index is 11.9. The molecule has 0 unspecified atom stereocenters. The van der Waals surface area contributed by atoms with E-state index in [0.29, 0.717) is 17.3 Å². The van der Waals surface area contributed by atoms with Crippen LogP contribution in [0.15, 0.2) is 30.7 Å². The lowest BCUT2D eigenvalue weighted by atomic mass is 10.3. The molecule has 2 heterocycles. The van der Waals surface area contributed by atoms with Crippen LogP contribution >= 0.6 is 0 Å². The van der Waals surface area contributed by atoms with Crippen LogP contribution in [-0.2, 0) is 14.6 Å². The smallest absolute Gasteiger partial charge is 0.239 e. The quantitative estimate of drug-likeness (QED) is 0.887. The number of imidazole rings is 1. The summed E-state index contributed by atoms with van der Waals surface area (Å²) in [6.45, 7) is 3.31. The molecule has 0 spiro atoms.